The Balaban J connectivity index is 1.86. The van der Waals surface area contributed by atoms with Crippen LogP contribution in [0.25, 0.3) is 11.1 Å². The van der Waals surface area contributed by atoms with Crippen LogP contribution < -0.4 is 10.2 Å². The zero-order valence-electron chi connectivity index (χ0n) is 18.9. The number of hydrogen-bond acceptors (Lipinski definition) is 5. The number of amides is 1. The monoisotopic (exact) mass is 478 g/mol. The number of nitriles is 2. The molecule has 0 bridgehead atoms. The van der Waals surface area contributed by atoms with Crippen molar-refractivity contribution in [2.45, 2.75) is 18.7 Å². The van der Waals surface area contributed by atoms with Gasteiger partial charge in [0, 0.05) is 24.0 Å². The third-order valence-corrected chi connectivity index (χ3v) is 5.36. The number of nitrogens with zero attached hydrogens (tertiary/aromatic N) is 3. The molecule has 1 atom stereocenters. The maximum atomic E-state index is 13.2. The number of nitrogens with one attached hydrogen (secondary N) is 1. The zero-order chi connectivity index (χ0) is 25.8. The van der Waals surface area contributed by atoms with Gasteiger partial charge in [-0.15, -0.1) is 0 Å². The van der Waals surface area contributed by atoms with Crippen molar-refractivity contribution >= 4 is 17.3 Å². The SMILES string of the molecule is CN(C[C@](C)(O)C(=O)Nc1ccc(C#N)c(C(F)(F)F)c1)c1ccc(C#N)cc1-c1ccccc1. The van der Waals surface area contributed by atoms with E-state index >= 15 is 0 Å². The van der Waals surface area contributed by atoms with Crippen molar-refractivity contribution in [2.24, 2.45) is 0 Å². The first kappa shape index (κ1) is 25.3. The number of aliphatic hydroxyl groups is 1. The van der Waals surface area contributed by atoms with E-state index in [-0.39, 0.29) is 12.2 Å². The normalized spacial score (nSPS) is 12.7. The Morgan fingerprint density at radius 3 is 2.31 bits per heavy atom. The minimum atomic E-state index is -4.78. The lowest BCUT2D eigenvalue weighted by Crippen LogP contribution is -2.48. The van der Waals surface area contributed by atoms with E-state index in [0.29, 0.717) is 22.9 Å². The third-order valence-electron chi connectivity index (χ3n) is 5.36. The van der Waals surface area contributed by atoms with Crippen LogP contribution in [0.5, 0.6) is 0 Å². The first-order valence-corrected chi connectivity index (χ1v) is 10.4. The van der Waals surface area contributed by atoms with Crippen LogP contribution in [0.3, 0.4) is 0 Å². The molecular formula is C26H21F3N4O2. The van der Waals surface area contributed by atoms with Gasteiger partial charge in [0.05, 0.1) is 35.4 Å². The van der Waals surface area contributed by atoms with Crippen LogP contribution in [0, 0.1) is 22.7 Å². The van der Waals surface area contributed by atoms with Gasteiger partial charge in [-0.05, 0) is 48.9 Å². The average molecular weight is 478 g/mol. The van der Waals surface area contributed by atoms with Gasteiger partial charge in [-0.2, -0.15) is 23.7 Å². The topological polar surface area (TPSA) is 100 Å². The van der Waals surface area contributed by atoms with Crippen LogP contribution in [0.2, 0.25) is 0 Å². The van der Waals surface area contributed by atoms with E-state index in [2.05, 4.69) is 11.4 Å². The largest absolute Gasteiger partial charge is 0.417 e. The summed E-state index contributed by atoms with van der Waals surface area (Å²) < 4.78 is 39.7. The number of hydrogen-bond donors (Lipinski definition) is 2. The minimum absolute atomic E-state index is 0.201. The summed E-state index contributed by atoms with van der Waals surface area (Å²) in [5, 5.41) is 31.4. The van der Waals surface area contributed by atoms with Crippen LogP contribution in [0.1, 0.15) is 23.6 Å². The van der Waals surface area contributed by atoms with E-state index in [1.54, 1.807) is 30.1 Å². The minimum Gasteiger partial charge on any atom is -0.378 e. The molecule has 6 nitrogen and oxygen atoms in total. The Morgan fingerprint density at radius 2 is 1.71 bits per heavy atom. The molecule has 3 aromatic carbocycles. The molecule has 3 rings (SSSR count). The zero-order valence-corrected chi connectivity index (χ0v) is 18.9. The molecule has 0 aliphatic rings. The molecule has 0 saturated heterocycles. The van der Waals surface area contributed by atoms with Crippen molar-refractivity contribution in [1.29, 1.82) is 10.5 Å². The summed E-state index contributed by atoms with van der Waals surface area (Å²) in [5.74, 6) is -0.919. The van der Waals surface area contributed by atoms with Gasteiger partial charge < -0.3 is 15.3 Å². The van der Waals surface area contributed by atoms with Crippen LogP contribution in [0.4, 0.5) is 24.5 Å². The van der Waals surface area contributed by atoms with E-state index in [1.807, 2.05) is 30.3 Å². The summed E-state index contributed by atoms with van der Waals surface area (Å²) in [6.07, 6.45) is -4.78. The van der Waals surface area contributed by atoms with E-state index in [1.165, 1.54) is 19.1 Å². The molecule has 35 heavy (non-hydrogen) atoms. The van der Waals surface area contributed by atoms with E-state index in [0.717, 1.165) is 11.6 Å². The number of anilines is 2. The summed E-state index contributed by atoms with van der Waals surface area (Å²) in [7, 11) is 1.65. The molecule has 0 heterocycles. The lowest BCUT2D eigenvalue weighted by Gasteiger charge is -2.31. The fourth-order valence-corrected chi connectivity index (χ4v) is 3.63. The molecule has 1 amide bonds. The highest BCUT2D eigenvalue weighted by molar-refractivity contribution is 5.97. The average Bonchev–Trinajstić information content (AvgIpc) is 2.83. The summed E-state index contributed by atoms with van der Waals surface area (Å²) in [6.45, 7) is 1.05. The predicted octanol–water partition coefficient (Wildman–Crippen LogP) is 4.94. The van der Waals surface area contributed by atoms with Gasteiger partial charge in [0.25, 0.3) is 5.91 Å². The molecule has 0 unspecified atom stereocenters. The fourth-order valence-electron chi connectivity index (χ4n) is 3.63. The van der Waals surface area contributed by atoms with Crippen LogP contribution in [-0.4, -0.2) is 30.2 Å². The number of carbonyl (C=O) groups excluding carboxylic acids is 1. The molecule has 0 aliphatic carbocycles. The predicted molar refractivity (Wildman–Crippen MR) is 125 cm³/mol. The van der Waals surface area contributed by atoms with E-state index in [4.69, 9.17) is 5.26 Å². The van der Waals surface area contributed by atoms with Crippen LogP contribution in [-0.2, 0) is 11.0 Å². The molecule has 3 aromatic rings. The van der Waals surface area contributed by atoms with Crippen molar-refractivity contribution in [3.05, 3.63) is 83.4 Å². The quantitative estimate of drug-likeness (QED) is 0.523. The molecule has 9 heteroatoms. The van der Waals surface area contributed by atoms with E-state index < -0.39 is 28.8 Å². The van der Waals surface area contributed by atoms with Crippen molar-refractivity contribution in [2.75, 3.05) is 23.8 Å². The lowest BCUT2D eigenvalue weighted by atomic mass is 9.99. The Labute approximate surface area is 200 Å². The van der Waals surface area contributed by atoms with Gasteiger partial charge in [0.15, 0.2) is 5.60 Å². The second-order valence-electron chi connectivity index (χ2n) is 8.16. The number of alkyl halides is 3. The maximum absolute atomic E-state index is 13.2. The first-order chi connectivity index (χ1) is 16.5. The van der Waals surface area contributed by atoms with Gasteiger partial charge in [-0.25, -0.2) is 0 Å². The molecule has 0 fully saturated rings. The van der Waals surface area contributed by atoms with E-state index in [9.17, 15) is 28.3 Å². The maximum Gasteiger partial charge on any atom is 0.417 e. The summed E-state index contributed by atoms with van der Waals surface area (Å²) >= 11 is 0. The Hall–Kier alpha value is -4.34. The van der Waals surface area contributed by atoms with Crippen molar-refractivity contribution < 1.29 is 23.1 Å². The van der Waals surface area contributed by atoms with Crippen LogP contribution >= 0.6 is 0 Å². The third kappa shape index (κ3) is 5.78. The van der Waals surface area contributed by atoms with Crippen molar-refractivity contribution in [3.63, 3.8) is 0 Å². The summed E-state index contributed by atoms with van der Waals surface area (Å²) in [5.41, 5.74) is -1.34. The molecular weight excluding hydrogens is 457 g/mol. The Bertz CT molecular complexity index is 1320. The van der Waals surface area contributed by atoms with Crippen molar-refractivity contribution in [1.82, 2.24) is 0 Å². The number of benzene rings is 3. The highest BCUT2D eigenvalue weighted by Crippen LogP contribution is 2.34. The first-order valence-electron chi connectivity index (χ1n) is 10.4. The van der Waals surface area contributed by atoms with Gasteiger partial charge in [0.1, 0.15) is 0 Å². The fraction of sp³-hybridized carbons (Fsp3) is 0.192. The molecule has 0 spiro atoms. The van der Waals surface area contributed by atoms with Gasteiger partial charge in [0.2, 0.25) is 0 Å². The Morgan fingerprint density at radius 1 is 1.03 bits per heavy atom. The Kier molecular flexibility index (Phi) is 7.14. The standard InChI is InChI=1S/C26H21F3N4O2/c1-25(35,24(34)32-20-10-9-19(15-31)22(13-20)26(27,28)29)16-33(2)23-11-8-17(14-30)12-21(23)18-6-4-3-5-7-18/h3-13,35H,16H2,1-2H3,(H,32,34)/t25-/m0/s1. The molecule has 0 aromatic heterocycles. The number of carbonyl (C=O) groups is 1. The highest BCUT2D eigenvalue weighted by Gasteiger charge is 2.36. The summed E-state index contributed by atoms with van der Waals surface area (Å²) in [4.78, 5) is 14.4. The van der Waals surface area contributed by atoms with Gasteiger partial charge in [-0.1, -0.05) is 30.3 Å². The number of halogens is 3. The second-order valence-corrected chi connectivity index (χ2v) is 8.16. The molecule has 0 saturated carbocycles. The van der Waals surface area contributed by atoms with Gasteiger partial charge >= 0.3 is 6.18 Å². The smallest absolute Gasteiger partial charge is 0.378 e. The lowest BCUT2D eigenvalue weighted by molar-refractivity contribution is -0.138. The molecule has 2 N–H and O–H groups in total. The van der Waals surface area contributed by atoms with Gasteiger partial charge in [-0.3, -0.25) is 4.79 Å². The second kappa shape index (κ2) is 9.88. The number of likely N-dealkylation sites (N-methyl/N-ethyl adjacent to an activating group) is 1. The highest BCUT2D eigenvalue weighted by atomic mass is 19.4. The molecule has 178 valence electrons. The molecule has 0 aliphatic heterocycles. The van der Waals surface area contributed by atoms with Crippen molar-refractivity contribution in [3.8, 4) is 23.3 Å². The number of rotatable bonds is 6. The van der Waals surface area contributed by atoms with Crippen LogP contribution in [0.15, 0.2) is 66.7 Å². The molecule has 0 radical (unpaired) electrons. The summed E-state index contributed by atoms with van der Waals surface area (Å²) in [6, 6.07) is 20.6.